The van der Waals surface area contributed by atoms with Crippen LogP contribution in [0, 0.1) is 27.7 Å². The van der Waals surface area contributed by atoms with Crippen LogP contribution in [0.1, 0.15) is 142 Å². The zero-order valence-electron chi connectivity index (χ0n) is 37.6. The predicted octanol–water partition coefficient (Wildman–Crippen LogP) is 6.27. The number of rotatable bonds is 31. The van der Waals surface area contributed by atoms with E-state index in [1.807, 2.05) is 52.0 Å². The minimum Gasteiger partial charge on any atom is -0.457 e. The van der Waals surface area contributed by atoms with Gasteiger partial charge in [0.25, 0.3) is 0 Å². The van der Waals surface area contributed by atoms with Gasteiger partial charge in [-0.15, -0.1) is 0 Å². The average molecular weight is 823 g/mol. The Labute approximate surface area is 362 Å². The van der Waals surface area contributed by atoms with Crippen molar-refractivity contribution >= 4 is 11.9 Å². The monoisotopic (exact) mass is 823 g/mol. The minimum absolute atomic E-state index is 0.265. The Balaban J connectivity index is 0.838. The lowest BCUT2D eigenvalue weighted by Crippen LogP contribution is -2.84. The fraction of sp³-hybridized carbons (Fsp3) is 0.500. The Kier molecular flexibility index (Phi) is 23.4. The lowest BCUT2D eigenvalue weighted by Gasteiger charge is -2.08. The number of nitrogens with two attached hydrogens (primary N) is 4. The van der Waals surface area contributed by atoms with Crippen molar-refractivity contribution in [3.63, 3.8) is 0 Å². The summed E-state index contributed by atoms with van der Waals surface area (Å²) in [6.07, 6.45) is 16.0. The van der Waals surface area contributed by atoms with Crippen LogP contribution in [0.3, 0.4) is 0 Å². The molecule has 0 radical (unpaired) electrons. The summed E-state index contributed by atoms with van der Waals surface area (Å²) < 4.78 is 11.1. The van der Waals surface area contributed by atoms with Crippen molar-refractivity contribution in [3.05, 3.63) is 141 Å². The van der Waals surface area contributed by atoms with Gasteiger partial charge in [0.2, 0.25) is 0 Å². The van der Waals surface area contributed by atoms with E-state index in [2.05, 4.69) is 81.9 Å². The molecule has 0 saturated carbocycles. The molecule has 4 aromatic carbocycles. The predicted molar refractivity (Wildman–Crippen MR) is 243 cm³/mol. The van der Waals surface area contributed by atoms with Crippen LogP contribution < -0.4 is 21.3 Å². The van der Waals surface area contributed by atoms with Crippen LogP contribution in [-0.4, -0.2) is 51.2 Å². The lowest BCUT2D eigenvalue weighted by atomic mass is 10.1. The second kappa shape index (κ2) is 29.0. The number of hydrogen-bond donors (Lipinski definition) is 4. The Bertz CT molecular complexity index is 1630. The molecule has 8 N–H and O–H groups in total. The number of quaternary nitrogens is 4. The average Bonchev–Trinajstić information content (AvgIpc) is 3.23. The molecule has 326 valence electrons. The molecule has 0 aliphatic rings. The molecule has 0 unspecified atom stereocenters. The maximum Gasteiger partial charge on any atom is 0.338 e. The number of aryl methyl sites for hydroxylation is 4. The summed E-state index contributed by atoms with van der Waals surface area (Å²) in [6, 6.07) is 28.5. The normalized spacial score (nSPS) is 11.2. The van der Waals surface area contributed by atoms with E-state index in [9.17, 15) is 9.59 Å². The smallest absolute Gasteiger partial charge is 0.338 e. The molecule has 0 heterocycles. The Morgan fingerprint density at radius 1 is 0.367 bits per heavy atom. The standard InChI is InChI=1S/C52H74N4O4/c1-41-31-42(2)34-49(33-41)51(57)59-39-47-21-17-45(18-22-47)37-55-29-15-9-7-13-27-53-25-11-5-6-12-26-54-28-14-8-10-16-30-56-38-46-19-23-48(24-20-46)40-60-52(58)50-35-43(3)32-44(4)36-50/h17-24,31-36,53-56H,5-16,25-30,37-40H2,1-4H3/p+4. The first-order valence-corrected chi connectivity index (χ1v) is 23.2. The molecule has 0 aromatic heterocycles. The largest absolute Gasteiger partial charge is 0.457 e. The number of benzene rings is 4. The van der Waals surface area contributed by atoms with Gasteiger partial charge >= 0.3 is 11.9 Å². The van der Waals surface area contributed by atoms with Gasteiger partial charge < -0.3 is 30.7 Å². The third-order valence-electron chi connectivity index (χ3n) is 11.2. The maximum absolute atomic E-state index is 12.4. The number of ether oxygens (including phenoxy) is 2. The van der Waals surface area contributed by atoms with Crippen LogP contribution in [-0.2, 0) is 35.8 Å². The summed E-state index contributed by atoms with van der Waals surface area (Å²) in [6.45, 7) is 18.0. The molecule has 8 nitrogen and oxygen atoms in total. The first-order valence-electron chi connectivity index (χ1n) is 23.2. The zero-order chi connectivity index (χ0) is 42.6. The van der Waals surface area contributed by atoms with E-state index in [0.29, 0.717) is 24.3 Å². The summed E-state index contributed by atoms with van der Waals surface area (Å²) >= 11 is 0. The van der Waals surface area contributed by atoms with Crippen LogP contribution in [0.15, 0.2) is 84.9 Å². The van der Waals surface area contributed by atoms with Crippen LogP contribution >= 0.6 is 0 Å². The summed E-state index contributed by atoms with van der Waals surface area (Å²) in [5, 5.41) is 9.86. The third kappa shape index (κ3) is 20.8. The van der Waals surface area contributed by atoms with Crippen molar-refractivity contribution in [1.82, 2.24) is 0 Å². The van der Waals surface area contributed by atoms with Gasteiger partial charge in [-0.05, 0) is 140 Å². The van der Waals surface area contributed by atoms with Crippen LogP contribution in [0.2, 0.25) is 0 Å². The summed E-state index contributed by atoms with van der Waals surface area (Å²) in [5.41, 5.74) is 10.2. The van der Waals surface area contributed by atoms with E-state index in [0.717, 1.165) is 46.5 Å². The van der Waals surface area contributed by atoms with Gasteiger partial charge in [-0.1, -0.05) is 82.9 Å². The Morgan fingerprint density at radius 2 is 0.633 bits per heavy atom. The van der Waals surface area contributed by atoms with Crippen molar-refractivity contribution in [1.29, 1.82) is 0 Å². The quantitative estimate of drug-likeness (QED) is 0.0354. The molecule has 4 rings (SSSR count). The molecule has 60 heavy (non-hydrogen) atoms. The van der Waals surface area contributed by atoms with Gasteiger partial charge in [-0.25, -0.2) is 9.59 Å². The minimum atomic E-state index is -0.265. The Hall–Kier alpha value is -4.34. The van der Waals surface area contributed by atoms with Gasteiger partial charge in [-0.3, -0.25) is 0 Å². The number of unbranched alkanes of at least 4 members (excludes halogenated alkanes) is 9. The fourth-order valence-corrected chi connectivity index (χ4v) is 7.81. The van der Waals surface area contributed by atoms with E-state index in [1.165, 1.54) is 127 Å². The second-order valence-corrected chi connectivity index (χ2v) is 17.1. The molecular formula is C52H78N4O4+4. The van der Waals surface area contributed by atoms with Crippen molar-refractivity contribution in [2.24, 2.45) is 0 Å². The molecule has 4 aromatic rings. The van der Waals surface area contributed by atoms with Gasteiger partial charge in [0.05, 0.1) is 50.4 Å². The number of carbonyl (C=O) groups is 2. The van der Waals surface area contributed by atoms with Crippen LogP contribution in [0.25, 0.3) is 0 Å². The van der Waals surface area contributed by atoms with Gasteiger partial charge in [0.15, 0.2) is 0 Å². The third-order valence-corrected chi connectivity index (χ3v) is 11.2. The van der Waals surface area contributed by atoms with Crippen molar-refractivity contribution in [2.45, 2.75) is 131 Å². The second-order valence-electron chi connectivity index (χ2n) is 17.1. The van der Waals surface area contributed by atoms with E-state index in [1.54, 1.807) is 0 Å². The molecule has 0 saturated heterocycles. The van der Waals surface area contributed by atoms with Gasteiger partial charge in [0.1, 0.15) is 26.3 Å². The Morgan fingerprint density at radius 3 is 0.933 bits per heavy atom. The summed E-state index contributed by atoms with van der Waals surface area (Å²) in [5.74, 6) is -0.531. The molecule has 0 spiro atoms. The van der Waals surface area contributed by atoms with E-state index in [-0.39, 0.29) is 11.9 Å². The van der Waals surface area contributed by atoms with E-state index < -0.39 is 0 Å². The first kappa shape index (κ1) is 48.3. The SMILES string of the molecule is Cc1cc(C)cc(C(=O)OCc2ccc(C[NH2+]CCCCCC[NH2+]CCCCCC[NH2+]CCCCCC[NH2+]Cc3ccc(COC(=O)c4cc(C)cc(C)c4)cc3)cc2)c1. The van der Waals surface area contributed by atoms with E-state index in [4.69, 9.17) is 9.47 Å². The van der Waals surface area contributed by atoms with Crippen molar-refractivity contribution in [2.75, 3.05) is 39.3 Å². The van der Waals surface area contributed by atoms with Crippen molar-refractivity contribution in [3.8, 4) is 0 Å². The highest BCUT2D eigenvalue weighted by atomic mass is 16.5. The molecular weight excluding hydrogens is 745 g/mol. The molecule has 0 atom stereocenters. The van der Waals surface area contributed by atoms with Crippen molar-refractivity contribution < 1.29 is 40.3 Å². The summed E-state index contributed by atoms with van der Waals surface area (Å²) in [7, 11) is 0. The maximum atomic E-state index is 12.4. The molecule has 8 heteroatoms. The van der Waals surface area contributed by atoms with Crippen LogP contribution in [0.5, 0.6) is 0 Å². The molecule has 0 aliphatic carbocycles. The topological polar surface area (TPSA) is 119 Å². The van der Waals surface area contributed by atoms with Gasteiger partial charge in [0, 0.05) is 11.1 Å². The molecule has 0 fully saturated rings. The molecule has 0 bridgehead atoms. The lowest BCUT2D eigenvalue weighted by molar-refractivity contribution is -0.671. The summed E-state index contributed by atoms with van der Waals surface area (Å²) in [4.78, 5) is 24.9. The van der Waals surface area contributed by atoms with E-state index >= 15 is 0 Å². The fourth-order valence-electron chi connectivity index (χ4n) is 7.81. The first-order chi connectivity index (χ1) is 29.2. The highest BCUT2D eigenvalue weighted by molar-refractivity contribution is 5.90. The van der Waals surface area contributed by atoms with Crippen LogP contribution in [0.4, 0.5) is 0 Å². The molecule has 0 aliphatic heterocycles. The highest BCUT2D eigenvalue weighted by Gasteiger charge is 2.11. The number of esters is 2. The zero-order valence-corrected chi connectivity index (χ0v) is 37.6. The highest BCUT2D eigenvalue weighted by Crippen LogP contribution is 2.14. The molecule has 0 amide bonds. The number of hydrogen-bond acceptors (Lipinski definition) is 4. The number of carbonyl (C=O) groups excluding carboxylic acids is 2. The van der Waals surface area contributed by atoms with Gasteiger partial charge in [-0.2, -0.15) is 0 Å².